The lowest BCUT2D eigenvalue weighted by molar-refractivity contribution is -0.124. The first-order valence-corrected chi connectivity index (χ1v) is 9.36. The predicted molar refractivity (Wildman–Crippen MR) is 99.6 cm³/mol. The molecule has 0 saturated carbocycles. The highest BCUT2D eigenvalue weighted by atomic mass is 16.5. The number of ether oxygens (including phenoxy) is 1. The molecular weight excluding hydrogens is 330 g/mol. The fraction of sp³-hybridized carbons (Fsp3) is 0.500. The third-order valence-electron chi connectivity index (χ3n) is 5.82. The predicted octanol–water partition coefficient (Wildman–Crippen LogP) is 1.63. The van der Waals surface area contributed by atoms with Crippen LogP contribution in [0.5, 0.6) is 0 Å². The van der Waals surface area contributed by atoms with Crippen molar-refractivity contribution in [1.29, 1.82) is 0 Å². The summed E-state index contributed by atoms with van der Waals surface area (Å²) in [6.45, 7) is 3.09. The smallest absolute Gasteiger partial charge is 0.252 e. The number of carbonyl (C=O) groups is 1. The lowest BCUT2D eigenvalue weighted by atomic mass is 9.84. The van der Waals surface area contributed by atoms with Crippen molar-refractivity contribution in [2.75, 3.05) is 19.7 Å². The van der Waals surface area contributed by atoms with Crippen molar-refractivity contribution in [2.24, 2.45) is 17.6 Å². The van der Waals surface area contributed by atoms with Crippen molar-refractivity contribution in [3.8, 4) is 0 Å². The first-order chi connectivity index (χ1) is 12.6. The molecule has 3 heterocycles. The van der Waals surface area contributed by atoms with Gasteiger partial charge in [-0.3, -0.25) is 14.5 Å². The molecule has 0 aliphatic carbocycles. The normalized spacial score (nSPS) is 24.9. The standard InChI is InChI=1S/C20H25N3O3/c21-19(24)16-7-10-26-18(16)13-5-8-23(9-6-13)12-15-11-14-3-1-2-4-17(14)22-20(15)25/h1-4,11,13,16,18H,5-10,12H2,(H2,21,24)(H,22,25)/t16-,18+/m0/s1. The first-order valence-electron chi connectivity index (χ1n) is 9.36. The molecule has 3 N–H and O–H groups in total. The number of aromatic amines is 1. The van der Waals surface area contributed by atoms with Gasteiger partial charge < -0.3 is 15.5 Å². The van der Waals surface area contributed by atoms with Crippen molar-refractivity contribution in [2.45, 2.75) is 31.9 Å². The molecule has 0 unspecified atom stereocenters. The zero-order chi connectivity index (χ0) is 18.1. The lowest BCUT2D eigenvalue weighted by Gasteiger charge is -2.35. The van der Waals surface area contributed by atoms with Crippen molar-refractivity contribution < 1.29 is 9.53 Å². The van der Waals surface area contributed by atoms with E-state index in [-0.39, 0.29) is 23.5 Å². The van der Waals surface area contributed by atoms with Gasteiger partial charge in [-0.15, -0.1) is 0 Å². The van der Waals surface area contributed by atoms with Gasteiger partial charge >= 0.3 is 0 Å². The number of nitrogens with one attached hydrogen (secondary N) is 1. The van der Waals surface area contributed by atoms with Crippen molar-refractivity contribution >= 4 is 16.8 Å². The van der Waals surface area contributed by atoms with Crippen LogP contribution in [0.3, 0.4) is 0 Å². The number of likely N-dealkylation sites (tertiary alicyclic amines) is 1. The number of rotatable bonds is 4. The van der Waals surface area contributed by atoms with Gasteiger partial charge in [0, 0.05) is 24.2 Å². The van der Waals surface area contributed by atoms with E-state index < -0.39 is 0 Å². The van der Waals surface area contributed by atoms with E-state index in [1.807, 2.05) is 30.3 Å². The van der Waals surface area contributed by atoms with Gasteiger partial charge in [0.05, 0.1) is 12.0 Å². The van der Waals surface area contributed by atoms with Crippen LogP contribution < -0.4 is 11.3 Å². The topological polar surface area (TPSA) is 88.4 Å². The Morgan fingerprint density at radius 1 is 1.23 bits per heavy atom. The summed E-state index contributed by atoms with van der Waals surface area (Å²) in [5.74, 6) is -0.00588. The molecule has 6 nitrogen and oxygen atoms in total. The van der Waals surface area contributed by atoms with Crippen molar-refractivity contribution in [3.05, 3.63) is 46.2 Å². The molecule has 2 aromatic rings. The number of piperidine rings is 1. The maximum Gasteiger partial charge on any atom is 0.252 e. The molecule has 0 bridgehead atoms. The number of para-hydroxylation sites is 1. The van der Waals surface area contributed by atoms with Crippen LogP contribution in [0.2, 0.25) is 0 Å². The Kier molecular flexibility index (Phi) is 4.78. The third-order valence-corrected chi connectivity index (χ3v) is 5.82. The monoisotopic (exact) mass is 355 g/mol. The number of nitrogens with zero attached hydrogens (tertiary/aromatic N) is 1. The zero-order valence-electron chi connectivity index (χ0n) is 14.8. The van der Waals surface area contributed by atoms with Crippen LogP contribution in [0.1, 0.15) is 24.8 Å². The van der Waals surface area contributed by atoms with E-state index in [4.69, 9.17) is 10.5 Å². The minimum absolute atomic E-state index is 0.0151. The van der Waals surface area contributed by atoms with Gasteiger partial charge in [-0.25, -0.2) is 0 Å². The lowest BCUT2D eigenvalue weighted by Crippen LogP contribution is -2.42. The summed E-state index contributed by atoms with van der Waals surface area (Å²) >= 11 is 0. The number of amides is 1. The Labute approximate surface area is 152 Å². The van der Waals surface area contributed by atoms with Crippen LogP contribution in [0.15, 0.2) is 35.1 Å². The van der Waals surface area contributed by atoms with E-state index in [1.165, 1.54) is 0 Å². The summed E-state index contributed by atoms with van der Waals surface area (Å²) in [6, 6.07) is 9.83. The molecule has 2 fully saturated rings. The van der Waals surface area contributed by atoms with Crippen LogP contribution in [0, 0.1) is 11.8 Å². The molecule has 138 valence electrons. The van der Waals surface area contributed by atoms with E-state index in [1.54, 1.807) is 0 Å². The van der Waals surface area contributed by atoms with Crippen LogP contribution in [-0.4, -0.2) is 41.6 Å². The first kappa shape index (κ1) is 17.2. The number of H-pyrrole nitrogens is 1. The summed E-state index contributed by atoms with van der Waals surface area (Å²) in [4.78, 5) is 29.2. The van der Waals surface area contributed by atoms with Gasteiger partial charge in [-0.1, -0.05) is 18.2 Å². The summed E-state index contributed by atoms with van der Waals surface area (Å²) in [5, 5.41) is 1.06. The maximum atomic E-state index is 12.3. The zero-order valence-corrected chi connectivity index (χ0v) is 14.8. The SMILES string of the molecule is NC(=O)[C@H]1CCO[C@@H]1C1CCN(Cc2cc3ccccc3[nH]c2=O)CC1. The van der Waals surface area contributed by atoms with Crippen molar-refractivity contribution in [3.63, 3.8) is 0 Å². The number of primary amides is 1. The van der Waals surface area contributed by atoms with E-state index in [9.17, 15) is 9.59 Å². The molecule has 0 spiro atoms. The van der Waals surface area contributed by atoms with Crippen LogP contribution in [-0.2, 0) is 16.1 Å². The van der Waals surface area contributed by atoms with Crippen LogP contribution >= 0.6 is 0 Å². The van der Waals surface area contributed by atoms with Gasteiger partial charge in [0.2, 0.25) is 5.91 Å². The van der Waals surface area contributed by atoms with Gasteiger partial charge in [0.1, 0.15) is 0 Å². The third kappa shape index (κ3) is 3.39. The highest BCUT2D eigenvalue weighted by Crippen LogP contribution is 2.33. The van der Waals surface area contributed by atoms with E-state index in [0.29, 0.717) is 19.1 Å². The number of aromatic nitrogens is 1. The van der Waals surface area contributed by atoms with E-state index >= 15 is 0 Å². The summed E-state index contributed by atoms with van der Waals surface area (Å²) in [6.07, 6.45) is 2.66. The molecule has 0 radical (unpaired) electrons. The Morgan fingerprint density at radius 2 is 2.00 bits per heavy atom. The Balaban J connectivity index is 1.40. The summed E-state index contributed by atoms with van der Waals surface area (Å²) in [7, 11) is 0. The molecule has 6 heteroatoms. The fourth-order valence-corrected chi connectivity index (χ4v) is 4.37. The summed E-state index contributed by atoms with van der Waals surface area (Å²) in [5.41, 5.74) is 7.18. The highest BCUT2D eigenvalue weighted by Gasteiger charge is 2.39. The molecule has 1 aromatic heterocycles. The number of fused-ring (bicyclic) bond motifs is 1. The van der Waals surface area contributed by atoms with Gasteiger partial charge in [-0.05, 0) is 55.8 Å². The molecule has 26 heavy (non-hydrogen) atoms. The van der Waals surface area contributed by atoms with Gasteiger partial charge in [-0.2, -0.15) is 0 Å². The highest BCUT2D eigenvalue weighted by molar-refractivity contribution is 5.78. The second-order valence-corrected chi connectivity index (χ2v) is 7.46. The minimum atomic E-state index is -0.238. The van der Waals surface area contributed by atoms with Gasteiger partial charge in [0.25, 0.3) is 5.56 Å². The number of benzene rings is 1. The molecule has 2 aliphatic rings. The minimum Gasteiger partial charge on any atom is -0.377 e. The van der Waals surface area contributed by atoms with Crippen LogP contribution in [0.4, 0.5) is 0 Å². The maximum absolute atomic E-state index is 12.3. The van der Waals surface area contributed by atoms with Crippen molar-refractivity contribution in [1.82, 2.24) is 9.88 Å². The number of nitrogens with two attached hydrogens (primary N) is 1. The number of hydrogen-bond donors (Lipinski definition) is 2. The Bertz CT molecular complexity index is 855. The second-order valence-electron chi connectivity index (χ2n) is 7.46. The molecular formula is C20H25N3O3. The average molecular weight is 355 g/mol. The van der Waals surface area contributed by atoms with E-state index in [2.05, 4.69) is 9.88 Å². The molecule has 4 rings (SSSR count). The fourth-order valence-electron chi connectivity index (χ4n) is 4.37. The molecule has 2 atom stereocenters. The number of carbonyl (C=O) groups excluding carboxylic acids is 1. The largest absolute Gasteiger partial charge is 0.377 e. The molecule has 1 aromatic carbocycles. The number of pyridine rings is 1. The molecule has 2 aliphatic heterocycles. The quantitative estimate of drug-likeness (QED) is 0.872. The second kappa shape index (κ2) is 7.21. The number of hydrogen-bond acceptors (Lipinski definition) is 4. The Hall–Kier alpha value is -2.18. The van der Waals surface area contributed by atoms with Gasteiger partial charge in [0.15, 0.2) is 0 Å². The average Bonchev–Trinajstić information content (AvgIpc) is 3.13. The van der Waals surface area contributed by atoms with Crippen LogP contribution in [0.25, 0.3) is 10.9 Å². The van der Waals surface area contributed by atoms with E-state index in [0.717, 1.165) is 48.8 Å². The molecule has 1 amide bonds. The Morgan fingerprint density at radius 3 is 2.77 bits per heavy atom. The summed E-state index contributed by atoms with van der Waals surface area (Å²) < 4.78 is 5.81. The molecule has 2 saturated heterocycles.